The number of aryl methyl sites for hydroxylation is 1. The summed E-state index contributed by atoms with van der Waals surface area (Å²) in [5, 5.41) is 20.9. The summed E-state index contributed by atoms with van der Waals surface area (Å²) < 4.78 is 2.07. The third-order valence-electron chi connectivity index (χ3n) is 4.37. The minimum Gasteiger partial charge on any atom is -0.325 e. The Balaban J connectivity index is 1.76. The van der Waals surface area contributed by atoms with E-state index in [1.807, 2.05) is 19.1 Å². The lowest BCUT2D eigenvalue weighted by Gasteiger charge is -2.13. The third-order valence-corrected chi connectivity index (χ3v) is 5.45. The van der Waals surface area contributed by atoms with E-state index in [9.17, 15) is 4.79 Å². The van der Waals surface area contributed by atoms with Gasteiger partial charge in [-0.2, -0.15) is 5.26 Å². The zero-order valence-electron chi connectivity index (χ0n) is 16.7. The topological polar surface area (TPSA) is 83.6 Å². The van der Waals surface area contributed by atoms with Crippen molar-refractivity contribution >= 4 is 23.4 Å². The third kappa shape index (κ3) is 5.04. The van der Waals surface area contributed by atoms with Gasteiger partial charge in [-0.15, -0.1) is 10.2 Å². The number of thioether (sulfide) groups is 1. The van der Waals surface area contributed by atoms with E-state index >= 15 is 0 Å². The second-order valence-electron chi connectivity index (χ2n) is 6.77. The van der Waals surface area contributed by atoms with E-state index < -0.39 is 0 Å². The maximum Gasteiger partial charge on any atom is 0.237 e. The fraction of sp³-hybridized carbons (Fsp3) is 0.273. The zero-order valence-corrected chi connectivity index (χ0v) is 17.5. The smallest absolute Gasteiger partial charge is 0.237 e. The van der Waals surface area contributed by atoms with Crippen LogP contribution in [0.5, 0.6) is 0 Å². The van der Waals surface area contributed by atoms with Crippen LogP contribution in [0.1, 0.15) is 31.4 Å². The number of hydrogen-bond acceptors (Lipinski definition) is 5. The first-order chi connectivity index (χ1) is 14.0. The number of anilines is 1. The van der Waals surface area contributed by atoms with Crippen molar-refractivity contribution in [2.24, 2.45) is 0 Å². The molecular formula is C22H23N5OS. The van der Waals surface area contributed by atoms with Crippen LogP contribution in [-0.4, -0.2) is 25.9 Å². The molecule has 0 radical (unpaired) electrons. The highest BCUT2D eigenvalue weighted by Crippen LogP contribution is 2.28. The summed E-state index contributed by atoms with van der Waals surface area (Å²) in [5.41, 5.74) is 3.41. The monoisotopic (exact) mass is 405 g/mol. The summed E-state index contributed by atoms with van der Waals surface area (Å²) in [6.07, 6.45) is 0.941. The number of aromatic nitrogens is 3. The molecule has 0 saturated heterocycles. The molecule has 7 heteroatoms. The van der Waals surface area contributed by atoms with Gasteiger partial charge in [0, 0.05) is 17.8 Å². The van der Waals surface area contributed by atoms with Crippen molar-refractivity contribution in [3.8, 4) is 17.5 Å². The van der Waals surface area contributed by atoms with Crippen LogP contribution < -0.4 is 5.32 Å². The Kier molecular flexibility index (Phi) is 6.68. The predicted octanol–water partition coefficient (Wildman–Crippen LogP) is 4.65. The second-order valence-corrected chi connectivity index (χ2v) is 8.07. The summed E-state index contributed by atoms with van der Waals surface area (Å²) >= 11 is 1.39. The summed E-state index contributed by atoms with van der Waals surface area (Å²) in [4.78, 5) is 12.6. The highest BCUT2D eigenvalue weighted by molar-refractivity contribution is 8.00. The summed E-state index contributed by atoms with van der Waals surface area (Å²) in [6.45, 7) is 6.79. The molecule has 3 rings (SSSR count). The van der Waals surface area contributed by atoms with E-state index in [2.05, 4.69) is 52.1 Å². The molecule has 0 spiro atoms. The van der Waals surface area contributed by atoms with E-state index in [0.29, 0.717) is 11.3 Å². The van der Waals surface area contributed by atoms with Crippen molar-refractivity contribution in [3.63, 3.8) is 0 Å². The van der Waals surface area contributed by atoms with Crippen LogP contribution in [0.2, 0.25) is 0 Å². The zero-order chi connectivity index (χ0) is 20.8. The summed E-state index contributed by atoms with van der Waals surface area (Å²) in [5.74, 6) is 0.695. The van der Waals surface area contributed by atoms with Gasteiger partial charge in [0.2, 0.25) is 5.91 Å². The van der Waals surface area contributed by atoms with E-state index in [1.165, 1.54) is 11.8 Å². The molecular weight excluding hydrogens is 382 g/mol. The van der Waals surface area contributed by atoms with Gasteiger partial charge >= 0.3 is 0 Å². The Bertz CT molecular complexity index is 1040. The lowest BCUT2D eigenvalue weighted by molar-refractivity contribution is -0.115. The van der Waals surface area contributed by atoms with Crippen molar-refractivity contribution in [1.82, 2.24) is 14.8 Å². The first-order valence-electron chi connectivity index (χ1n) is 9.49. The van der Waals surface area contributed by atoms with Gasteiger partial charge < -0.3 is 9.88 Å². The number of carbonyl (C=O) groups excluding carboxylic acids is 1. The molecule has 1 heterocycles. The van der Waals surface area contributed by atoms with Crippen molar-refractivity contribution in [2.45, 2.75) is 44.1 Å². The van der Waals surface area contributed by atoms with Gasteiger partial charge in [-0.05, 0) is 50.6 Å². The minimum absolute atomic E-state index is 0.122. The molecule has 3 aromatic rings. The minimum atomic E-state index is -0.351. The molecule has 1 atom stereocenters. The normalized spacial score (nSPS) is 11.7. The molecule has 0 fully saturated rings. The number of benzene rings is 2. The highest BCUT2D eigenvalue weighted by atomic mass is 32.2. The molecule has 2 aromatic carbocycles. The lowest BCUT2D eigenvalue weighted by atomic mass is 10.1. The van der Waals surface area contributed by atoms with Crippen LogP contribution in [0.3, 0.4) is 0 Å². The van der Waals surface area contributed by atoms with Crippen molar-refractivity contribution in [2.75, 3.05) is 5.32 Å². The van der Waals surface area contributed by atoms with Crippen molar-refractivity contribution in [1.29, 1.82) is 5.26 Å². The fourth-order valence-corrected chi connectivity index (χ4v) is 3.76. The quantitative estimate of drug-likeness (QED) is 0.578. The van der Waals surface area contributed by atoms with Gasteiger partial charge in [0.25, 0.3) is 0 Å². The highest BCUT2D eigenvalue weighted by Gasteiger charge is 2.21. The lowest BCUT2D eigenvalue weighted by Crippen LogP contribution is -2.23. The maximum absolute atomic E-state index is 12.6. The van der Waals surface area contributed by atoms with Crippen molar-refractivity contribution in [3.05, 3.63) is 59.7 Å². The number of amides is 1. The average molecular weight is 406 g/mol. The molecule has 0 aliphatic heterocycles. The van der Waals surface area contributed by atoms with Crippen LogP contribution in [0, 0.1) is 18.3 Å². The second kappa shape index (κ2) is 9.39. The van der Waals surface area contributed by atoms with E-state index in [0.717, 1.165) is 35.1 Å². The van der Waals surface area contributed by atoms with E-state index in [1.54, 1.807) is 24.3 Å². The number of rotatable bonds is 7. The van der Waals surface area contributed by atoms with Crippen LogP contribution in [0.25, 0.3) is 11.4 Å². The molecule has 148 valence electrons. The molecule has 0 aliphatic rings. The Hall–Kier alpha value is -3.11. The molecule has 6 nitrogen and oxygen atoms in total. The Morgan fingerprint density at radius 3 is 2.66 bits per heavy atom. The average Bonchev–Trinajstić information content (AvgIpc) is 3.11. The SMILES string of the molecule is CCCn1c(S[C@H](C)C(=O)Nc2ccc(C#N)cc2)nnc1-c1cccc(C)c1. The standard InChI is InChI=1S/C22H23N5OS/c1-4-12-27-20(18-7-5-6-15(2)13-18)25-26-22(27)29-16(3)21(28)24-19-10-8-17(14-23)9-11-19/h5-11,13,16H,4,12H2,1-3H3,(H,24,28)/t16-/m1/s1. The van der Waals surface area contributed by atoms with E-state index in [4.69, 9.17) is 5.26 Å². The van der Waals surface area contributed by atoms with Gasteiger partial charge in [-0.25, -0.2) is 0 Å². The molecule has 0 aliphatic carbocycles. The van der Waals surface area contributed by atoms with Gasteiger partial charge in [-0.3, -0.25) is 4.79 Å². The molecule has 0 saturated carbocycles. The Morgan fingerprint density at radius 1 is 1.24 bits per heavy atom. The molecule has 0 unspecified atom stereocenters. The maximum atomic E-state index is 12.6. The Morgan fingerprint density at radius 2 is 2.00 bits per heavy atom. The number of nitrogens with zero attached hydrogens (tertiary/aromatic N) is 4. The van der Waals surface area contributed by atoms with Crippen LogP contribution in [-0.2, 0) is 11.3 Å². The van der Waals surface area contributed by atoms with Gasteiger partial charge in [-0.1, -0.05) is 42.4 Å². The fourth-order valence-electron chi connectivity index (χ4n) is 2.88. The van der Waals surface area contributed by atoms with Gasteiger partial charge in [0.1, 0.15) is 0 Å². The first-order valence-corrected chi connectivity index (χ1v) is 10.4. The first kappa shape index (κ1) is 20.6. The van der Waals surface area contributed by atoms with Gasteiger partial charge in [0.15, 0.2) is 11.0 Å². The predicted molar refractivity (Wildman–Crippen MR) is 116 cm³/mol. The number of nitriles is 1. The number of nitrogens with one attached hydrogen (secondary N) is 1. The number of hydrogen-bond donors (Lipinski definition) is 1. The van der Waals surface area contributed by atoms with Crippen LogP contribution in [0.4, 0.5) is 5.69 Å². The van der Waals surface area contributed by atoms with Crippen LogP contribution >= 0.6 is 11.8 Å². The van der Waals surface area contributed by atoms with Gasteiger partial charge in [0.05, 0.1) is 16.9 Å². The molecule has 29 heavy (non-hydrogen) atoms. The molecule has 0 bridgehead atoms. The van der Waals surface area contributed by atoms with Crippen molar-refractivity contribution < 1.29 is 4.79 Å². The summed E-state index contributed by atoms with van der Waals surface area (Å²) in [6, 6.07) is 17.1. The number of carbonyl (C=O) groups is 1. The summed E-state index contributed by atoms with van der Waals surface area (Å²) in [7, 11) is 0. The van der Waals surface area contributed by atoms with Crippen LogP contribution in [0.15, 0.2) is 53.7 Å². The Labute approximate surface area is 175 Å². The molecule has 1 aromatic heterocycles. The molecule has 1 N–H and O–H groups in total. The molecule has 1 amide bonds. The largest absolute Gasteiger partial charge is 0.325 e. The van der Waals surface area contributed by atoms with E-state index in [-0.39, 0.29) is 11.2 Å².